The van der Waals surface area contributed by atoms with Crippen molar-refractivity contribution in [2.75, 3.05) is 0 Å². The van der Waals surface area contributed by atoms with E-state index in [4.69, 9.17) is 11.6 Å². The number of fused-ring (bicyclic) bond motifs is 1. The minimum Gasteiger partial charge on any atom is -0.245 e. The third-order valence-corrected chi connectivity index (χ3v) is 3.44. The summed E-state index contributed by atoms with van der Waals surface area (Å²) in [5.74, 6) is -0.347. The fraction of sp³-hybridized carbons (Fsp3) is 0.0625. The fourth-order valence-corrected chi connectivity index (χ4v) is 2.52. The lowest BCUT2D eigenvalue weighted by molar-refractivity contribution is 0.636. The average molecular weight is 272 g/mol. The Morgan fingerprint density at radius 2 is 1.79 bits per heavy atom. The summed E-state index contributed by atoms with van der Waals surface area (Å²) in [5.41, 5.74) is 2.86. The van der Waals surface area contributed by atoms with Crippen LogP contribution in [0.15, 0.2) is 48.5 Å². The molecule has 19 heavy (non-hydrogen) atoms. The number of nitrogens with zero attached hydrogens (tertiary/aromatic N) is 1. The molecule has 0 amide bonds. The van der Waals surface area contributed by atoms with Crippen LogP contribution in [-0.2, 0) is 0 Å². The average Bonchev–Trinajstić information content (AvgIpc) is 2.43. The number of hydrogen-bond donors (Lipinski definition) is 0. The van der Waals surface area contributed by atoms with Gasteiger partial charge in [-0.25, -0.2) is 9.37 Å². The summed E-state index contributed by atoms with van der Waals surface area (Å²) in [6.45, 7) is 1.90. The van der Waals surface area contributed by atoms with Crippen molar-refractivity contribution < 1.29 is 4.39 Å². The molecule has 0 atom stereocenters. The molecule has 0 N–H and O–H groups in total. The van der Waals surface area contributed by atoms with E-state index >= 15 is 0 Å². The van der Waals surface area contributed by atoms with Gasteiger partial charge in [-0.2, -0.15) is 0 Å². The predicted molar refractivity (Wildman–Crippen MR) is 76.9 cm³/mol. The number of hydrogen-bond acceptors (Lipinski definition) is 1. The van der Waals surface area contributed by atoms with Gasteiger partial charge in [0.05, 0.1) is 10.7 Å². The second kappa shape index (κ2) is 4.63. The minimum absolute atomic E-state index is 0.325. The van der Waals surface area contributed by atoms with Crippen LogP contribution < -0.4 is 0 Å². The lowest BCUT2D eigenvalue weighted by atomic mass is 10.1. The van der Waals surface area contributed by atoms with Crippen LogP contribution in [0.5, 0.6) is 0 Å². The summed E-state index contributed by atoms with van der Waals surface area (Å²) in [7, 11) is 0. The highest BCUT2D eigenvalue weighted by Crippen LogP contribution is 2.31. The van der Waals surface area contributed by atoms with Gasteiger partial charge in [0.15, 0.2) is 0 Å². The second-order valence-electron chi connectivity index (χ2n) is 4.44. The summed E-state index contributed by atoms with van der Waals surface area (Å²) in [6, 6.07) is 14.5. The van der Waals surface area contributed by atoms with Gasteiger partial charge in [-0.3, -0.25) is 0 Å². The number of pyridine rings is 1. The molecule has 94 valence electrons. The van der Waals surface area contributed by atoms with Gasteiger partial charge in [-0.15, -0.1) is 0 Å². The van der Waals surface area contributed by atoms with Gasteiger partial charge >= 0.3 is 0 Å². The fourth-order valence-electron chi connectivity index (χ4n) is 2.18. The molecule has 1 nitrogen and oxygen atoms in total. The van der Waals surface area contributed by atoms with Crippen LogP contribution in [0.25, 0.3) is 22.2 Å². The van der Waals surface area contributed by atoms with Crippen molar-refractivity contribution >= 4 is 22.5 Å². The first-order valence-electron chi connectivity index (χ1n) is 5.97. The maximum absolute atomic E-state index is 13.9. The minimum atomic E-state index is -0.347. The Morgan fingerprint density at radius 1 is 1.05 bits per heavy atom. The van der Waals surface area contributed by atoms with Gasteiger partial charge in [0, 0.05) is 10.9 Å². The second-order valence-corrected chi connectivity index (χ2v) is 4.85. The molecule has 1 aromatic heterocycles. The number of aryl methyl sites for hydroxylation is 1. The van der Waals surface area contributed by atoms with Gasteiger partial charge in [0.1, 0.15) is 11.3 Å². The molecule has 0 unspecified atom stereocenters. The molecule has 0 fully saturated rings. The molecule has 1 heterocycles. The largest absolute Gasteiger partial charge is 0.245 e. The van der Waals surface area contributed by atoms with Crippen molar-refractivity contribution in [1.29, 1.82) is 0 Å². The van der Waals surface area contributed by atoms with E-state index in [2.05, 4.69) is 4.98 Å². The quantitative estimate of drug-likeness (QED) is 0.607. The van der Waals surface area contributed by atoms with Gasteiger partial charge in [-0.05, 0) is 24.6 Å². The molecule has 0 radical (unpaired) electrons. The summed E-state index contributed by atoms with van der Waals surface area (Å²) in [5, 5.41) is 1.21. The van der Waals surface area contributed by atoms with Crippen molar-refractivity contribution in [1.82, 2.24) is 4.98 Å². The zero-order valence-electron chi connectivity index (χ0n) is 10.3. The molecule has 3 rings (SSSR count). The third-order valence-electron chi connectivity index (χ3n) is 3.14. The predicted octanol–water partition coefficient (Wildman–Crippen LogP) is 5.00. The Balaban J connectivity index is 2.34. The van der Waals surface area contributed by atoms with E-state index in [1.165, 1.54) is 6.07 Å². The topological polar surface area (TPSA) is 12.9 Å². The molecule has 3 aromatic rings. The summed E-state index contributed by atoms with van der Waals surface area (Å²) in [4.78, 5) is 4.41. The Labute approximate surface area is 115 Å². The first kappa shape index (κ1) is 12.1. The lowest BCUT2D eigenvalue weighted by Gasteiger charge is -2.08. The molecule has 0 saturated carbocycles. The molecule has 0 aliphatic carbocycles. The molecule has 0 bridgehead atoms. The first-order chi connectivity index (χ1) is 9.16. The van der Waals surface area contributed by atoms with Crippen LogP contribution in [0.2, 0.25) is 5.02 Å². The van der Waals surface area contributed by atoms with Crippen LogP contribution in [0, 0.1) is 12.7 Å². The number of benzene rings is 2. The van der Waals surface area contributed by atoms with E-state index in [9.17, 15) is 4.39 Å². The number of halogens is 2. The molecule has 0 aliphatic heterocycles. The maximum Gasteiger partial charge on any atom is 0.149 e. The van der Waals surface area contributed by atoms with Crippen LogP contribution in [0.3, 0.4) is 0 Å². The van der Waals surface area contributed by atoms with Crippen molar-refractivity contribution in [2.24, 2.45) is 0 Å². The number of rotatable bonds is 1. The monoisotopic (exact) mass is 271 g/mol. The summed E-state index contributed by atoms with van der Waals surface area (Å²) < 4.78 is 13.9. The van der Waals surface area contributed by atoms with Crippen LogP contribution in [0.4, 0.5) is 4.39 Å². The standard InChI is InChI=1S/C16H11ClFN/c1-10-7-8-13(18)16-15(10)12(17)9-14(19-16)11-5-3-2-4-6-11/h2-9H,1H3. The molecular weight excluding hydrogens is 261 g/mol. The van der Waals surface area contributed by atoms with Crippen LogP contribution in [-0.4, -0.2) is 4.98 Å². The molecule has 0 saturated heterocycles. The zero-order valence-corrected chi connectivity index (χ0v) is 11.1. The first-order valence-corrected chi connectivity index (χ1v) is 6.35. The summed E-state index contributed by atoms with van der Waals surface area (Å²) in [6.07, 6.45) is 0. The van der Waals surface area contributed by atoms with E-state index in [1.807, 2.05) is 37.3 Å². The van der Waals surface area contributed by atoms with Gasteiger partial charge < -0.3 is 0 Å². The summed E-state index contributed by atoms with van der Waals surface area (Å²) >= 11 is 6.28. The van der Waals surface area contributed by atoms with Crippen LogP contribution >= 0.6 is 11.6 Å². The van der Waals surface area contributed by atoms with Crippen molar-refractivity contribution in [3.8, 4) is 11.3 Å². The van der Waals surface area contributed by atoms with E-state index in [1.54, 1.807) is 12.1 Å². The molecule has 0 aliphatic rings. The number of aromatic nitrogens is 1. The van der Waals surface area contributed by atoms with E-state index in [-0.39, 0.29) is 5.82 Å². The maximum atomic E-state index is 13.9. The highest BCUT2D eigenvalue weighted by Gasteiger charge is 2.11. The third kappa shape index (κ3) is 2.08. The van der Waals surface area contributed by atoms with Crippen LogP contribution in [0.1, 0.15) is 5.56 Å². The highest BCUT2D eigenvalue weighted by molar-refractivity contribution is 6.35. The van der Waals surface area contributed by atoms with Gasteiger partial charge in [0.25, 0.3) is 0 Å². The Bertz CT molecular complexity index is 754. The SMILES string of the molecule is Cc1ccc(F)c2nc(-c3ccccc3)cc(Cl)c12. The van der Waals surface area contributed by atoms with Gasteiger partial charge in [0.2, 0.25) is 0 Å². The van der Waals surface area contributed by atoms with Crippen molar-refractivity contribution in [3.63, 3.8) is 0 Å². The molecule has 0 spiro atoms. The van der Waals surface area contributed by atoms with Gasteiger partial charge in [-0.1, -0.05) is 48.0 Å². The van der Waals surface area contributed by atoms with E-state index in [0.29, 0.717) is 21.6 Å². The zero-order chi connectivity index (χ0) is 13.4. The smallest absolute Gasteiger partial charge is 0.149 e. The molecule has 3 heteroatoms. The highest BCUT2D eigenvalue weighted by atomic mass is 35.5. The molecule has 2 aromatic carbocycles. The van der Waals surface area contributed by atoms with Crippen molar-refractivity contribution in [3.05, 3.63) is 64.9 Å². The lowest BCUT2D eigenvalue weighted by Crippen LogP contribution is -1.92. The molecular formula is C16H11ClFN. The Morgan fingerprint density at radius 3 is 2.53 bits per heavy atom. The van der Waals surface area contributed by atoms with Crippen molar-refractivity contribution in [2.45, 2.75) is 6.92 Å². The Hall–Kier alpha value is -1.93. The van der Waals surface area contributed by atoms with E-state index in [0.717, 1.165) is 11.1 Å². The Kier molecular flexibility index (Phi) is 2.96. The normalized spacial score (nSPS) is 10.9. The van der Waals surface area contributed by atoms with E-state index < -0.39 is 0 Å².